The molecule has 1 fully saturated rings. The van der Waals surface area contributed by atoms with Gasteiger partial charge in [0.1, 0.15) is 5.54 Å². The van der Waals surface area contributed by atoms with E-state index in [0.717, 1.165) is 54.7 Å². The lowest BCUT2D eigenvalue weighted by molar-refractivity contribution is -0.124. The van der Waals surface area contributed by atoms with Crippen LogP contribution in [0.15, 0.2) is 48.5 Å². The van der Waals surface area contributed by atoms with Crippen molar-refractivity contribution in [3.63, 3.8) is 0 Å². The second-order valence-electron chi connectivity index (χ2n) is 9.77. The molecule has 2 bridgehead atoms. The number of para-hydroxylation sites is 2. The predicted molar refractivity (Wildman–Crippen MR) is 127 cm³/mol. The summed E-state index contributed by atoms with van der Waals surface area (Å²) in [7, 11) is 0. The first-order chi connectivity index (χ1) is 16.0. The second-order valence-corrected chi connectivity index (χ2v) is 9.77. The Morgan fingerprint density at radius 2 is 1.61 bits per heavy atom. The first kappa shape index (κ1) is 17.7. The smallest absolute Gasteiger partial charge is 0.252 e. The molecule has 3 unspecified atom stereocenters. The number of carbonyl (C=O) groups is 2. The number of nitrogens with one attached hydrogen (secondary N) is 1. The van der Waals surface area contributed by atoms with E-state index in [1.165, 1.54) is 0 Å². The molecule has 33 heavy (non-hydrogen) atoms. The fourth-order valence-electron chi connectivity index (χ4n) is 7.09. The van der Waals surface area contributed by atoms with E-state index in [1.807, 2.05) is 24.3 Å². The van der Waals surface area contributed by atoms with Crippen LogP contribution in [0.4, 0.5) is 0 Å². The minimum Gasteiger partial charge on any atom is -0.368 e. The third-order valence-electron chi connectivity index (χ3n) is 8.35. The zero-order valence-corrected chi connectivity index (χ0v) is 17.8. The Kier molecular flexibility index (Phi) is 2.88. The maximum atomic E-state index is 13.2. The molecule has 4 heterocycles. The standard InChI is InChI=1S/C26H21N5O2/c27-25(33)26(28)10-12-9-18(26)31-17-8-4-1-5-13(17)19-15-11-29-24(32)21(15)20-14-6-2-3-7-16(14)30(12)23(20)22(19)31/h1-8,12,18H,9-11,28H2,(H2,27,33)(H,29,32). The Labute approximate surface area is 187 Å². The van der Waals surface area contributed by atoms with Crippen molar-refractivity contribution in [2.45, 2.75) is 37.0 Å². The van der Waals surface area contributed by atoms with Crippen LogP contribution in [0.25, 0.3) is 43.6 Å². The first-order valence-corrected chi connectivity index (χ1v) is 11.4. The highest BCUT2D eigenvalue weighted by atomic mass is 16.2. The summed E-state index contributed by atoms with van der Waals surface area (Å²) in [5.74, 6) is -0.485. The van der Waals surface area contributed by atoms with E-state index in [2.05, 4.69) is 38.7 Å². The van der Waals surface area contributed by atoms with Crippen LogP contribution in [0.3, 0.4) is 0 Å². The molecule has 3 atom stereocenters. The largest absolute Gasteiger partial charge is 0.368 e. The summed E-state index contributed by atoms with van der Waals surface area (Å²) in [4.78, 5) is 25.9. The number of benzene rings is 3. The van der Waals surface area contributed by atoms with Gasteiger partial charge in [0.2, 0.25) is 5.91 Å². The maximum absolute atomic E-state index is 13.2. The Morgan fingerprint density at radius 1 is 0.970 bits per heavy atom. The molecule has 1 aliphatic carbocycles. The molecule has 162 valence electrons. The number of aromatic nitrogens is 2. The molecule has 1 saturated carbocycles. The van der Waals surface area contributed by atoms with Crippen LogP contribution in [-0.4, -0.2) is 26.5 Å². The number of carbonyl (C=O) groups excluding carboxylic acids is 2. The molecule has 7 nitrogen and oxygen atoms in total. The summed E-state index contributed by atoms with van der Waals surface area (Å²) in [6, 6.07) is 16.2. The lowest BCUT2D eigenvalue weighted by Crippen LogP contribution is -2.55. The van der Waals surface area contributed by atoms with E-state index in [4.69, 9.17) is 11.5 Å². The van der Waals surface area contributed by atoms with Crippen molar-refractivity contribution >= 4 is 55.4 Å². The monoisotopic (exact) mass is 435 g/mol. The number of rotatable bonds is 1. The SMILES string of the molecule is NC(=O)C1(N)CC2CC1n1c3ccccc3c3c4c(c5c6ccccc6n2c5c31)C(=O)NC4. The van der Waals surface area contributed by atoms with E-state index >= 15 is 0 Å². The highest BCUT2D eigenvalue weighted by Gasteiger charge is 2.53. The van der Waals surface area contributed by atoms with Crippen molar-refractivity contribution in [2.24, 2.45) is 11.5 Å². The third-order valence-corrected chi connectivity index (χ3v) is 8.35. The first-order valence-electron chi connectivity index (χ1n) is 11.4. The van der Waals surface area contributed by atoms with Crippen molar-refractivity contribution < 1.29 is 9.59 Å². The molecule has 3 aromatic carbocycles. The lowest BCUT2D eigenvalue weighted by atomic mass is 9.92. The van der Waals surface area contributed by atoms with Crippen molar-refractivity contribution in [1.82, 2.24) is 14.5 Å². The molecule has 3 aliphatic rings. The molecule has 0 spiro atoms. The van der Waals surface area contributed by atoms with E-state index < -0.39 is 11.4 Å². The summed E-state index contributed by atoms with van der Waals surface area (Å²) in [6.45, 7) is 0.492. The topological polar surface area (TPSA) is 108 Å². The van der Waals surface area contributed by atoms with E-state index in [1.54, 1.807) is 0 Å². The molecular weight excluding hydrogens is 414 g/mol. The quantitative estimate of drug-likeness (QED) is 0.376. The predicted octanol–water partition coefficient (Wildman–Crippen LogP) is 3.22. The Bertz CT molecular complexity index is 1760. The van der Waals surface area contributed by atoms with Crippen LogP contribution in [0.2, 0.25) is 0 Å². The number of hydrogen-bond donors (Lipinski definition) is 3. The van der Waals surface area contributed by atoms with Gasteiger partial charge in [0, 0.05) is 45.2 Å². The molecule has 5 aromatic rings. The average molecular weight is 435 g/mol. The van der Waals surface area contributed by atoms with E-state index in [0.29, 0.717) is 19.4 Å². The van der Waals surface area contributed by atoms with Gasteiger partial charge in [-0.15, -0.1) is 0 Å². The van der Waals surface area contributed by atoms with E-state index in [9.17, 15) is 9.59 Å². The van der Waals surface area contributed by atoms with Crippen LogP contribution >= 0.6 is 0 Å². The summed E-state index contributed by atoms with van der Waals surface area (Å²) in [6.07, 6.45) is 1.18. The van der Waals surface area contributed by atoms with Crippen molar-refractivity contribution in [2.75, 3.05) is 0 Å². The fraction of sp³-hybridized carbons (Fsp3) is 0.231. The molecule has 7 heteroatoms. The minimum absolute atomic E-state index is 0.0132. The number of nitrogens with two attached hydrogens (primary N) is 2. The molecule has 8 rings (SSSR count). The van der Waals surface area contributed by atoms with Gasteiger partial charge in [-0.3, -0.25) is 9.59 Å². The van der Waals surface area contributed by atoms with Crippen LogP contribution in [0, 0.1) is 0 Å². The molecule has 0 saturated heterocycles. The molecular formula is C26H21N5O2. The Morgan fingerprint density at radius 3 is 2.33 bits per heavy atom. The maximum Gasteiger partial charge on any atom is 0.252 e. The van der Waals surface area contributed by atoms with Crippen LogP contribution < -0.4 is 16.8 Å². The lowest BCUT2D eigenvalue weighted by Gasteiger charge is -2.31. The van der Waals surface area contributed by atoms with Gasteiger partial charge in [-0.05, 0) is 30.5 Å². The van der Waals surface area contributed by atoms with Crippen LogP contribution in [-0.2, 0) is 11.3 Å². The van der Waals surface area contributed by atoms with Crippen molar-refractivity contribution in [1.29, 1.82) is 0 Å². The highest BCUT2D eigenvalue weighted by molar-refractivity contribution is 6.31. The van der Waals surface area contributed by atoms with Gasteiger partial charge in [-0.1, -0.05) is 36.4 Å². The Hall–Kier alpha value is -3.84. The van der Waals surface area contributed by atoms with Gasteiger partial charge < -0.3 is 25.9 Å². The van der Waals surface area contributed by atoms with Gasteiger partial charge in [0.15, 0.2) is 0 Å². The molecule has 2 aliphatic heterocycles. The van der Waals surface area contributed by atoms with Gasteiger partial charge in [-0.2, -0.15) is 0 Å². The van der Waals surface area contributed by atoms with Crippen LogP contribution in [0.5, 0.6) is 0 Å². The van der Waals surface area contributed by atoms with Crippen molar-refractivity contribution in [3.8, 4) is 0 Å². The number of hydrogen-bond acceptors (Lipinski definition) is 3. The van der Waals surface area contributed by atoms with Crippen LogP contribution in [0.1, 0.15) is 40.8 Å². The summed E-state index contributed by atoms with van der Waals surface area (Å²) >= 11 is 0. The summed E-state index contributed by atoms with van der Waals surface area (Å²) in [5.41, 5.74) is 17.7. The van der Waals surface area contributed by atoms with Gasteiger partial charge in [-0.25, -0.2) is 0 Å². The number of amides is 2. The highest BCUT2D eigenvalue weighted by Crippen LogP contribution is 2.55. The number of nitrogens with zero attached hydrogens (tertiary/aromatic N) is 2. The van der Waals surface area contributed by atoms with Gasteiger partial charge in [0.05, 0.1) is 22.6 Å². The molecule has 2 aromatic heterocycles. The second kappa shape index (κ2) is 5.38. The molecule has 2 amide bonds. The van der Waals surface area contributed by atoms with Gasteiger partial charge in [0.25, 0.3) is 5.91 Å². The summed E-state index contributed by atoms with van der Waals surface area (Å²) in [5, 5.41) is 7.29. The molecule has 5 N–H and O–H groups in total. The minimum atomic E-state index is -1.15. The number of primary amides is 1. The average Bonchev–Trinajstić information content (AvgIpc) is 3.51. The van der Waals surface area contributed by atoms with Crippen molar-refractivity contribution in [3.05, 3.63) is 59.7 Å². The Balaban J connectivity index is 1.75. The zero-order chi connectivity index (χ0) is 22.2. The fourth-order valence-corrected chi connectivity index (χ4v) is 7.09. The number of fused-ring (bicyclic) bond motifs is 13. The normalized spacial score (nSPS) is 25.4. The third kappa shape index (κ3) is 1.78. The van der Waals surface area contributed by atoms with Gasteiger partial charge >= 0.3 is 0 Å². The molecule has 0 radical (unpaired) electrons. The summed E-state index contributed by atoms with van der Waals surface area (Å²) < 4.78 is 4.61. The zero-order valence-electron chi connectivity index (χ0n) is 17.8. The van der Waals surface area contributed by atoms with E-state index in [-0.39, 0.29) is 18.0 Å².